The van der Waals surface area contributed by atoms with Gasteiger partial charge in [-0.1, -0.05) is 188 Å². The SMILES string of the molecule is O=C1CCCCC(N([Si](c2ccccc2)(c2ccccc2)c2ccccc2)[Si](c2ccccc2)(c2ccccc2)c2ccccc2)CO1. The highest BCUT2D eigenvalue weighted by Crippen LogP contribution is 2.29. The second-order valence-corrected chi connectivity index (χ2v) is 20.3. The van der Waals surface area contributed by atoms with Gasteiger partial charge in [-0.05, 0) is 44.0 Å². The summed E-state index contributed by atoms with van der Waals surface area (Å²) in [6.07, 6.45) is 3.19. The maximum absolute atomic E-state index is 13.1. The van der Waals surface area contributed by atoms with Gasteiger partial charge in [0.05, 0.1) is 0 Å². The minimum Gasteiger partial charge on any atom is -0.464 e. The van der Waals surface area contributed by atoms with E-state index in [0.29, 0.717) is 13.0 Å². The fourth-order valence-corrected chi connectivity index (χ4v) is 21.5. The van der Waals surface area contributed by atoms with E-state index in [1.807, 2.05) is 0 Å². The maximum Gasteiger partial charge on any atom is 0.305 e. The van der Waals surface area contributed by atoms with Crippen molar-refractivity contribution in [3.63, 3.8) is 0 Å². The first-order valence-corrected chi connectivity index (χ1v) is 20.9. The molecular weight excluding hydrogens is 619 g/mol. The Hall–Kier alpha value is -4.82. The van der Waals surface area contributed by atoms with E-state index < -0.39 is 16.5 Å². The fourth-order valence-electron chi connectivity index (χ4n) is 7.91. The summed E-state index contributed by atoms with van der Waals surface area (Å²) in [5.74, 6) is -0.0996. The average molecular weight is 660 g/mol. The molecule has 1 heterocycles. The molecule has 5 heteroatoms. The van der Waals surface area contributed by atoms with Crippen molar-refractivity contribution in [3.8, 4) is 0 Å². The molecule has 1 atom stereocenters. The number of esters is 1. The molecule has 0 bridgehead atoms. The van der Waals surface area contributed by atoms with Gasteiger partial charge in [0.2, 0.25) is 16.5 Å². The third-order valence-electron chi connectivity index (χ3n) is 9.84. The topological polar surface area (TPSA) is 29.5 Å². The summed E-state index contributed by atoms with van der Waals surface area (Å²) in [5, 5.41) is 7.89. The van der Waals surface area contributed by atoms with E-state index in [9.17, 15) is 4.79 Å². The lowest BCUT2D eigenvalue weighted by molar-refractivity contribution is -0.145. The lowest BCUT2D eigenvalue weighted by atomic mass is 10.1. The zero-order valence-electron chi connectivity index (χ0n) is 27.2. The molecule has 1 aliphatic rings. The van der Waals surface area contributed by atoms with Crippen molar-refractivity contribution in [2.45, 2.75) is 31.7 Å². The summed E-state index contributed by atoms with van der Waals surface area (Å²) in [5.41, 5.74) is 0. The van der Waals surface area contributed by atoms with Gasteiger partial charge in [0.15, 0.2) is 0 Å². The Morgan fingerprint density at radius 2 is 0.729 bits per heavy atom. The van der Waals surface area contributed by atoms with Crippen LogP contribution in [0.15, 0.2) is 182 Å². The van der Waals surface area contributed by atoms with Crippen LogP contribution in [0, 0.1) is 0 Å². The van der Waals surface area contributed by atoms with Crippen molar-refractivity contribution in [1.29, 1.82) is 0 Å². The molecule has 0 aromatic heterocycles. The van der Waals surface area contributed by atoms with Crippen molar-refractivity contribution in [2.24, 2.45) is 0 Å². The number of carbonyl (C=O) groups is 1. The first-order valence-electron chi connectivity index (χ1n) is 17.0. The lowest BCUT2D eigenvalue weighted by Crippen LogP contribution is -2.92. The Balaban J connectivity index is 1.72. The molecule has 0 spiro atoms. The van der Waals surface area contributed by atoms with E-state index in [0.717, 1.165) is 19.3 Å². The van der Waals surface area contributed by atoms with E-state index in [1.54, 1.807) is 0 Å². The maximum atomic E-state index is 13.1. The first-order chi connectivity index (χ1) is 23.8. The van der Waals surface area contributed by atoms with Crippen LogP contribution in [0.4, 0.5) is 0 Å². The average Bonchev–Trinajstić information content (AvgIpc) is 3.16. The van der Waals surface area contributed by atoms with Gasteiger partial charge in [0.1, 0.15) is 6.61 Å². The van der Waals surface area contributed by atoms with Crippen LogP contribution >= 0.6 is 0 Å². The zero-order valence-corrected chi connectivity index (χ0v) is 29.2. The highest BCUT2D eigenvalue weighted by Gasteiger charge is 2.59. The predicted molar refractivity (Wildman–Crippen MR) is 203 cm³/mol. The van der Waals surface area contributed by atoms with Crippen LogP contribution in [0.5, 0.6) is 0 Å². The van der Waals surface area contributed by atoms with Crippen molar-refractivity contribution in [1.82, 2.24) is 4.23 Å². The number of ether oxygens (including phenoxy) is 1. The summed E-state index contributed by atoms with van der Waals surface area (Å²) in [6, 6.07) is 67.1. The van der Waals surface area contributed by atoms with E-state index in [4.69, 9.17) is 4.74 Å². The van der Waals surface area contributed by atoms with Crippen LogP contribution in [-0.2, 0) is 9.53 Å². The molecule has 48 heavy (non-hydrogen) atoms. The third-order valence-corrected chi connectivity index (χ3v) is 21.0. The van der Waals surface area contributed by atoms with Gasteiger partial charge in [-0.25, -0.2) is 0 Å². The highest BCUT2D eigenvalue weighted by molar-refractivity contribution is 7.22. The molecule has 0 N–H and O–H groups in total. The van der Waals surface area contributed by atoms with Gasteiger partial charge in [-0.3, -0.25) is 4.79 Å². The van der Waals surface area contributed by atoms with Crippen molar-refractivity contribution in [3.05, 3.63) is 182 Å². The minimum absolute atomic E-state index is 0.0474. The van der Waals surface area contributed by atoms with E-state index in [1.165, 1.54) is 31.1 Å². The van der Waals surface area contributed by atoms with Gasteiger partial charge in [0, 0.05) is 12.5 Å². The number of hydrogen-bond donors (Lipinski definition) is 0. The van der Waals surface area contributed by atoms with Crippen LogP contribution in [0.3, 0.4) is 0 Å². The van der Waals surface area contributed by atoms with Crippen LogP contribution in [0.1, 0.15) is 25.7 Å². The lowest BCUT2D eigenvalue weighted by Gasteiger charge is -2.57. The molecule has 0 amide bonds. The summed E-state index contributed by atoms with van der Waals surface area (Å²) in [4.78, 5) is 13.1. The molecule has 1 fully saturated rings. The second kappa shape index (κ2) is 14.5. The number of benzene rings is 6. The summed E-state index contributed by atoms with van der Waals surface area (Å²) < 4.78 is 9.24. The normalized spacial score (nSPS) is 15.7. The molecule has 1 unspecified atom stereocenters. The molecule has 0 aliphatic carbocycles. The van der Waals surface area contributed by atoms with Crippen molar-refractivity contribution in [2.75, 3.05) is 6.61 Å². The van der Waals surface area contributed by atoms with Gasteiger partial charge in [-0.15, -0.1) is 0 Å². The predicted octanol–water partition coefficient (Wildman–Crippen LogP) is 5.11. The molecule has 6 aromatic rings. The quantitative estimate of drug-likeness (QED) is 0.123. The van der Waals surface area contributed by atoms with Gasteiger partial charge in [-0.2, -0.15) is 0 Å². The minimum atomic E-state index is -3.18. The van der Waals surface area contributed by atoms with Crippen LogP contribution in [0.2, 0.25) is 0 Å². The smallest absolute Gasteiger partial charge is 0.305 e. The first kappa shape index (κ1) is 31.8. The van der Waals surface area contributed by atoms with Crippen molar-refractivity contribution >= 4 is 53.6 Å². The van der Waals surface area contributed by atoms with Gasteiger partial charge < -0.3 is 8.97 Å². The largest absolute Gasteiger partial charge is 0.464 e. The number of cyclic esters (lactones) is 1. The standard InChI is InChI=1S/C43H41NO2Si2/c45-43-34-20-19-21-36(35-46-43)44(47(37-22-7-1-8-23-37,38-24-9-2-10-25-38)39-26-11-3-12-27-39)48(40-28-13-4-14-29-40,41-30-15-5-16-31-41)42-32-17-6-18-33-42/h1-18,22-33,36H,19-21,34-35H2. The Morgan fingerprint density at radius 3 is 1.02 bits per heavy atom. The Kier molecular flexibility index (Phi) is 9.61. The summed E-state index contributed by atoms with van der Waals surface area (Å²) in [7, 11) is -6.36. The fraction of sp³-hybridized carbons (Fsp3) is 0.140. The van der Waals surface area contributed by atoms with Crippen LogP contribution < -0.4 is 31.1 Å². The molecule has 6 aromatic carbocycles. The summed E-state index contributed by atoms with van der Waals surface area (Å²) >= 11 is 0. The van der Waals surface area contributed by atoms with Crippen LogP contribution in [-0.4, -0.2) is 39.3 Å². The monoisotopic (exact) mass is 659 g/mol. The van der Waals surface area contributed by atoms with Crippen LogP contribution in [0.25, 0.3) is 0 Å². The third kappa shape index (κ3) is 5.79. The number of rotatable bonds is 9. The number of hydrogen-bond acceptors (Lipinski definition) is 3. The summed E-state index contributed by atoms with van der Waals surface area (Å²) in [6.45, 7) is 0.349. The second-order valence-electron chi connectivity index (χ2n) is 12.6. The Morgan fingerprint density at radius 1 is 0.438 bits per heavy atom. The molecule has 1 saturated heterocycles. The Bertz CT molecular complexity index is 1570. The van der Waals surface area contributed by atoms with E-state index >= 15 is 0 Å². The highest BCUT2D eigenvalue weighted by atomic mass is 28.4. The molecule has 7 rings (SSSR count). The number of nitrogens with zero attached hydrogens (tertiary/aromatic N) is 1. The van der Waals surface area contributed by atoms with E-state index in [2.05, 4.69) is 186 Å². The molecule has 3 nitrogen and oxygen atoms in total. The van der Waals surface area contributed by atoms with E-state index in [-0.39, 0.29) is 12.0 Å². The molecule has 1 aliphatic heterocycles. The molecule has 0 radical (unpaired) electrons. The molecule has 238 valence electrons. The molecular formula is C43H41NO2Si2. The number of carbonyl (C=O) groups excluding carboxylic acids is 1. The Labute approximate surface area is 286 Å². The van der Waals surface area contributed by atoms with Gasteiger partial charge in [0.25, 0.3) is 0 Å². The van der Waals surface area contributed by atoms with Crippen molar-refractivity contribution < 1.29 is 9.53 Å². The molecule has 0 saturated carbocycles. The van der Waals surface area contributed by atoms with Gasteiger partial charge >= 0.3 is 5.97 Å². The zero-order chi connectivity index (χ0) is 32.7.